The van der Waals surface area contributed by atoms with Crippen LogP contribution >= 0.6 is 0 Å². The van der Waals surface area contributed by atoms with Crippen molar-refractivity contribution >= 4 is 11.9 Å². The van der Waals surface area contributed by atoms with Crippen molar-refractivity contribution in [2.24, 2.45) is 5.92 Å². The second-order valence-electron chi connectivity index (χ2n) is 4.45. The fraction of sp³-hybridized carbons (Fsp3) is 0.833. The van der Waals surface area contributed by atoms with Crippen molar-refractivity contribution in [1.82, 2.24) is 4.90 Å². The Balaban J connectivity index is 2.30. The molecule has 1 saturated heterocycles. The summed E-state index contributed by atoms with van der Waals surface area (Å²) in [4.78, 5) is 24.8. The molecule has 0 amide bonds. The molecule has 0 bridgehead atoms. The monoisotopic (exact) mass is 243 g/mol. The molecule has 1 heterocycles. The minimum atomic E-state index is -0.218. The van der Waals surface area contributed by atoms with Gasteiger partial charge in [-0.15, -0.1) is 0 Å². The minimum absolute atomic E-state index is 0.0403. The average Bonchev–Trinajstić information content (AvgIpc) is 2.76. The van der Waals surface area contributed by atoms with E-state index in [1.54, 1.807) is 0 Å². The van der Waals surface area contributed by atoms with Crippen LogP contribution < -0.4 is 0 Å². The molecule has 0 radical (unpaired) electrons. The minimum Gasteiger partial charge on any atom is -0.469 e. The number of ether oxygens (including phenoxy) is 2. The van der Waals surface area contributed by atoms with Gasteiger partial charge in [-0.3, -0.25) is 14.5 Å². The topological polar surface area (TPSA) is 55.8 Å². The van der Waals surface area contributed by atoms with Gasteiger partial charge in [0.05, 0.1) is 25.7 Å². The molecule has 0 aromatic rings. The highest BCUT2D eigenvalue weighted by Gasteiger charge is 2.30. The molecular weight excluding hydrogens is 222 g/mol. The maximum absolute atomic E-state index is 11.5. The van der Waals surface area contributed by atoms with E-state index in [-0.39, 0.29) is 30.5 Å². The van der Waals surface area contributed by atoms with Crippen molar-refractivity contribution in [2.75, 3.05) is 26.7 Å². The molecule has 1 aliphatic heterocycles. The van der Waals surface area contributed by atoms with Gasteiger partial charge in [0, 0.05) is 6.54 Å². The van der Waals surface area contributed by atoms with E-state index in [4.69, 9.17) is 4.74 Å². The number of likely N-dealkylation sites (tertiary alicyclic amines) is 1. The summed E-state index contributed by atoms with van der Waals surface area (Å²) < 4.78 is 9.87. The summed E-state index contributed by atoms with van der Waals surface area (Å²) in [5.74, 6) is -0.510. The van der Waals surface area contributed by atoms with Crippen LogP contribution in [-0.2, 0) is 19.1 Å². The molecule has 1 aliphatic rings. The van der Waals surface area contributed by atoms with Crippen LogP contribution in [0.4, 0.5) is 0 Å². The Bertz CT molecular complexity index is 280. The van der Waals surface area contributed by atoms with E-state index in [1.165, 1.54) is 7.11 Å². The van der Waals surface area contributed by atoms with Gasteiger partial charge in [-0.25, -0.2) is 0 Å². The number of methoxy groups -OCH3 is 1. The number of hydrogen-bond acceptors (Lipinski definition) is 5. The van der Waals surface area contributed by atoms with Gasteiger partial charge in [-0.1, -0.05) is 6.92 Å². The lowest BCUT2D eigenvalue weighted by Crippen LogP contribution is -2.31. The second-order valence-corrected chi connectivity index (χ2v) is 4.45. The van der Waals surface area contributed by atoms with E-state index in [2.05, 4.69) is 4.74 Å². The maximum Gasteiger partial charge on any atom is 0.320 e. The van der Waals surface area contributed by atoms with Gasteiger partial charge in [0.25, 0.3) is 0 Å². The second kappa shape index (κ2) is 6.59. The van der Waals surface area contributed by atoms with Crippen LogP contribution in [0.5, 0.6) is 0 Å². The molecule has 0 saturated carbocycles. The molecule has 0 aliphatic carbocycles. The third kappa shape index (κ3) is 4.34. The Morgan fingerprint density at radius 1 is 1.47 bits per heavy atom. The van der Waals surface area contributed by atoms with E-state index in [1.807, 2.05) is 18.7 Å². The quantitative estimate of drug-likeness (QED) is 0.669. The predicted octanol–water partition coefficient (Wildman–Crippen LogP) is 0.823. The summed E-state index contributed by atoms with van der Waals surface area (Å²) in [5, 5.41) is 0. The summed E-state index contributed by atoms with van der Waals surface area (Å²) in [7, 11) is 1.39. The van der Waals surface area contributed by atoms with Crippen LogP contribution in [0, 0.1) is 5.92 Å². The van der Waals surface area contributed by atoms with Gasteiger partial charge < -0.3 is 9.47 Å². The van der Waals surface area contributed by atoms with Crippen LogP contribution in [0.1, 0.15) is 26.7 Å². The average molecular weight is 243 g/mol. The molecule has 0 N–H and O–H groups in total. The third-order valence-electron chi connectivity index (χ3n) is 3.07. The van der Waals surface area contributed by atoms with E-state index in [0.717, 1.165) is 19.4 Å². The molecule has 17 heavy (non-hydrogen) atoms. The lowest BCUT2D eigenvalue weighted by atomic mass is 10.1. The molecule has 98 valence electrons. The Labute approximate surface area is 102 Å². The molecule has 5 nitrogen and oxygen atoms in total. The lowest BCUT2D eigenvalue weighted by molar-refractivity contribution is -0.150. The van der Waals surface area contributed by atoms with Crippen molar-refractivity contribution in [1.29, 1.82) is 0 Å². The number of rotatable bonds is 5. The van der Waals surface area contributed by atoms with Crippen molar-refractivity contribution in [3.05, 3.63) is 0 Å². The Hall–Kier alpha value is -1.10. The van der Waals surface area contributed by atoms with Crippen LogP contribution in [0.3, 0.4) is 0 Å². The normalized spacial score (nSPS) is 22.2. The number of carbonyl (C=O) groups excluding carboxylic acids is 2. The molecule has 1 fully saturated rings. The number of nitrogens with zero attached hydrogens (tertiary/aromatic N) is 1. The first-order chi connectivity index (χ1) is 8.06. The highest BCUT2D eigenvalue weighted by Crippen LogP contribution is 2.17. The van der Waals surface area contributed by atoms with Gasteiger partial charge in [-0.05, 0) is 26.3 Å². The van der Waals surface area contributed by atoms with Crippen LogP contribution in [0.25, 0.3) is 0 Å². The van der Waals surface area contributed by atoms with Crippen molar-refractivity contribution in [3.8, 4) is 0 Å². The van der Waals surface area contributed by atoms with Crippen LogP contribution in [-0.4, -0.2) is 49.7 Å². The smallest absolute Gasteiger partial charge is 0.320 e. The molecule has 5 heteroatoms. The molecule has 2 atom stereocenters. The standard InChI is InChI=1S/C12H21NO4/c1-4-9(2)17-11(14)8-13-6-5-10(7-13)12(15)16-3/h9-10H,4-8H2,1-3H3. The largest absolute Gasteiger partial charge is 0.469 e. The summed E-state index contributed by atoms with van der Waals surface area (Å²) in [6.45, 7) is 5.44. The third-order valence-corrected chi connectivity index (χ3v) is 3.07. The summed E-state index contributed by atoms with van der Waals surface area (Å²) in [6.07, 6.45) is 1.53. The van der Waals surface area contributed by atoms with E-state index >= 15 is 0 Å². The number of carbonyl (C=O) groups is 2. The number of esters is 2. The van der Waals surface area contributed by atoms with E-state index in [9.17, 15) is 9.59 Å². The van der Waals surface area contributed by atoms with Gasteiger partial charge in [-0.2, -0.15) is 0 Å². The molecule has 0 spiro atoms. The fourth-order valence-electron chi connectivity index (χ4n) is 1.86. The van der Waals surface area contributed by atoms with Gasteiger partial charge >= 0.3 is 11.9 Å². The highest BCUT2D eigenvalue weighted by atomic mass is 16.5. The highest BCUT2D eigenvalue weighted by molar-refractivity contribution is 5.74. The van der Waals surface area contributed by atoms with Crippen molar-refractivity contribution in [3.63, 3.8) is 0 Å². The molecule has 2 unspecified atom stereocenters. The van der Waals surface area contributed by atoms with E-state index < -0.39 is 0 Å². The van der Waals surface area contributed by atoms with E-state index in [0.29, 0.717) is 6.54 Å². The first-order valence-electron chi connectivity index (χ1n) is 6.06. The zero-order chi connectivity index (χ0) is 12.8. The van der Waals surface area contributed by atoms with Gasteiger partial charge in [0.2, 0.25) is 0 Å². The SMILES string of the molecule is CCC(C)OC(=O)CN1CCC(C(=O)OC)C1. The Morgan fingerprint density at radius 2 is 2.18 bits per heavy atom. The van der Waals surface area contributed by atoms with Crippen molar-refractivity contribution < 1.29 is 19.1 Å². The molecule has 0 aromatic carbocycles. The van der Waals surface area contributed by atoms with Crippen LogP contribution in [0.15, 0.2) is 0 Å². The Morgan fingerprint density at radius 3 is 2.76 bits per heavy atom. The zero-order valence-electron chi connectivity index (χ0n) is 10.8. The predicted molar refractivity (Wildman–Crippen MR) is 62.4 cm³/mol. The first-order valence-corrected chi connectivity index (χ1v) is 6.06. The number of hydrogen-bond donors (Lipinski definition) is 0. The molecular formula is C12H21NO4. The summed E-state index contributed by atoms with van der Waals surface area (Å²) in [5.41, 5.74) is 0. The fourth-order valence-corrected chi connectivity index (χ4v) is 1.86. The van der Waals surface area contributed by atoms with Gasteiger partial charge in [0.1, 0.15) is 0 Å². The van der Waals surface area contributed by atoms with Crippen LogP contribution in [0.2, 0.25) is 0 Å². The first kappa shape index (κ1) is 14.0. The molecule has 1 rings (SSSR count). The maximum atomic E-state index is 11.5. The van der Waals surface area contributed by atoms with Crippen molar-refractivity contribution in [2.45, 2.75) is 32.8 Å². The van der Waals surface area contributed by atoms with Gasteiger partial charge in [0.15, 0.2) is 0 Å². The summed E-state index contributed by atoms with van der Waals surface area (Å²) >= 11 is 0. The molecule has 0 aromatic heterocycles. The summed E-state index contributed by atoms with van der Waals surface area (Å²) in [6, 6.07) is 0. The Kier molecular flexibility index (Phi) is 5.41. The lowest BCUT2D eigenvalue weighted by Gasteiger charge is -2.16. The zero-order valence-corrected chi connectivity index (χ0v) is 10.8.